The van der Waals surface area contributed by atoms with Crippen molar-refractivity contribution in [2.75, 3.05) is 25.2 Å². The van der Waals surface area contributed by atoms with E-state index in [-0.39, 0.29) is 0 Å². The molecule has 4 N–H and O–H groups in total. The van der Waals surface area contributed by atoms with E-state index in [4.69, 9.17) is 5.73 Å². The van der Waals surface area contributed by atoms with Gasteiger partial charge < -0.3 is 16.2 Å². The second-order valence-corrected chi connectivity index (χ2v) is 5.70. The second-order valence-electron chi connectivity index (χ2n) is 4.71. The summed E-state index contributed by atoms with van der Waals surface area (Å²) < 4.78 is 0. The van der Waals surface area contributed by atoms with Crippen molar-refractivity contribution < 1.29 is 5.11 Å². The third kappa shape index (κ3) is 4.62. The van der Waals surface area contributed by atoms with Crippen LogP contribution in [0.4, 0.5) is 0 Å². The van der Waals surface area contributed by atoms with Crippen molar-refractivity contribution in [3.63, 3.8) is 0 Å². The van der Waals surface area contributed by atoms with Gasteiger partial charge in [0.05, 0.1) is 0 Å². The number of aliphatic hydroxyl groups is 1. The summed E-state index contributed by atoms with van der Waals surface area (Å²) in [7, 11) is 0. The van der Waals surface area contributed by atoms with Crippen LogP contribution in [-0.4, -0.2) is 42.4 Å². The third-order valence-corrected chi connectivity index (χ3v) is 4.23. The summed E-state index contributed by atoms with van der Waals surface area (Å²) in [5.41, 5.74) is 5.79. The van der Waals surface area contributed by atoms with Crippen molar-refractivity contribution in [3.8, 4) is 0 Å². The van der Waals surface area contributed by atoms with Crippen LogP contribution in [0, 0.1) is 5.92 Å². The Hall–Kier alpha value is 0.230. The van der Waals surface area contributed by atoms with Crippen LogP contribution in [-0.2, 0) is 0 Å². The van der Waals surface area contributed by atoms with Gasteiger partial charge in [0.25, 0.3) is 0 Å². The Morgan fingerprint density at radius 2 is 2.31 bits per heavy atom. The second kappa shape index (κ2) is 8.34. The fourth-order valence-electron chi connectivity index (χ4n) is 2.52. The van der Waals surface area contributed by atoms with Crippen molar-refractivity contribution in [1.82, 2.24) is 5.32 Å². The van der Waals surface area contributed by atoms with E-state index in [9.17, 15) is 5.11 Å². The molecule has 0 spiro atoms. The number of thioether (sulfide) groups is 1. The van der Waals surface area contributed by atoms with Crippen LogP contribution in [0.5, 0.6) is 0 Å². The predicted octanol–water partition coefficient (Wildman–Crippen LogP) is 1.21. The summed E-state index contributed by atoms with van der Waals surface area (Å²) in [6, 6.07) is 0.928. The van der Waals surface area contributed by atoms with E-state index in [1.54, 1.807) is 0 Å². The Labute approximate surface area is 104 Å². The predicted molar refractivity (Wildman–Crippen MR) is 71.8 cm³/mol. The van der Waals surface area contributed by atoms with Gasteiger partial charge in [-0.1, -0.05) is 6.42 Å². The summed E-state index contributed by atoms with van der Waals surface area (Å²) in [4.78, 5) is 0. The number of aliphatic hydroxyl groups excluding tert-OH is 1. The van der Waals surface area contributed by atoms with E-state index in [1.807, 2.05) is 11.8 Å². The normalized spacial score (nSPS) is 27.2. The molecule has 0 aromatic heterocycles. The number of nitrogens with one attached hydrogen (secondary N) is 1. The van der Waals surface area contributed by atoms with Crippen molar-refractivity contribution in [2.24, 2.45) is 11.7 Å². The fourth-order valence-corrected chi connectivity index (χ4v) is 2.98. The van der Waals surface area contributed by atoms with Gasteiger partial charge in [0, 0.05) is 25.2 Å². The van der Waals surface area contributed by atoms with Gasteiger partial charge in [0.2, 0.25) is 0 Å². The van der Waals surface area contributed by atoms with Crippen molar-refractivity contribution >= 4 is 11.8 Å². The first-order valence-electron chi connectivity index (χ1n) is 6.37. The molecule has 1 aliphatic carbocycles. The first-order chi connectivity index (χ1) is 7.81. The van der Waals surface area contributed by atoms with Crippen LogP contribution >= 0.6 is 11.8 Å². The molecule has 0 aromatic carbocycles. The van der Waals surface area contributed by atoms with Crippen LogP contribution in [0.1, 0.15) is 32.1 Å². The van der Waals surface area contributed by atoms with E-state index < -0.39 is 0 Å². The Bertz CT molecular complexity index is 180. The van der Waals surface area contributed by atoms with Gasteiger partial charge >= 0.3 is 0 Å². The third-order valence-electron chi connectivity index (χ3n) is 3.53. The Morgan fingerprint density at radius 1 is 1.50 bits per heavy atom. The molecule has 1 saturated carbocycles. The minimum absolute atomic E-state index is 0.319. The number of rotatable bonds is 8. The molecule has 0 heterocycles. The summed E-state index contributed by atoms with van der Waals surface area (Å²) >= 11 is 1.89. The van der Waals surface area contributed by atoms with Crippen LogP contribution in [0.3, 0.4) is 0 Å². The lowest BCUT2D eigenvalue weighted by atomic mass is 10.0. The minimum Gasteiger partial charge on any atom is -0.396 e. The topological polar surface area (TPSA) is 58.3 Å². The van der Waals surface area contributed by atoms with Gasteiger partial charge in [-0.05, 0) is 43.6 Å². The maximum Gasteiger partial charge on any atom is 0.0474 e. The molecule has 0 amide bonds. The van der Waals surface area contributed by atoms with E-state index in [2.05, 4.69) is 11.6 Å². The van der Waals surface area contributed by atoms with Gasteiger partial charge in [-0.25, -0.2) is 0 Å². The Morgan fingerprint density at radius 3 is 2.94 bits per heavy atom. The van der Waals surface area contributed by atoms with Crippen molar-refractivity contribution in [2.45, 2.75) is 44.2 Å². The Kier molecular flexibility index (Phi) is 7.45. The maximum atomic E-state index is 9.26. The lowest BCUT2D eigenvalue weighted by Crippen LogP contribution is -2.45. The van der Waals surface area contributed by atoms with Crippen LogP contribution in [0.25, 0.3) is 0 Å². The summed E-state index contributed by atoms with van der Waals surface area (Å²) in [5, 5.41) is 12.9. The van der Waals surface area contributed by atoms with Gasteiger partial charge in [-0.2, -0.15) is 11.8 Å². The van der Waals surface area contributed by atoms with Crippen molar-refractivity contribution in [3.05, 3.63) is 0 Å². The average Bonchev–Trinajstić information content (AvgIpc) is 2.75. The van der Waals surface area contributed by atoms with Gasteiger partial charge in [0.1, 0.15) is 0 Å². The number of hydrogen-bond acceptors (Lipinski definition) is 4. The summed E-state index contributed by atoms with van der Waals surface area (Å²) in [6.45, 7) is 1.03. The molecule has 3 atom stereocenters. The average molecular weight is 246 g/mol. The quantitative estimate of drug-likeness (QED) is 0.563. The summed E-state index contributed by atoms with van der Waals surface area (Å²) in [6.07, 6.45) is 8.13. The van der Waals surface area contributed by atoms with Crippen LogP contribution in [0.15, 0.2) is 0 Å². The Balaban J connectivity index is 2.25. The van der Waals surface area contributed by atoms with Gasteiger partial charge in [-0.15, -0.1) is 0 Å². The molecular formula is C12H26N2OS. The molecule has 1 aliphatic rings. The molecule has 0 bridgehead atoms. The van der Waals surface area contributed by atoms with Gasteiger partial charge in [-0.3, -0.25) is 0 Å². The van der Waals surface area contributed by atoms with Gasteiger partial charge in [0.15, 0.2) is 0 Å². The fraction of sp³-hybridized carbons (Fsp3) is 1.00. The van der Waals surface area contributed by atoms with E-state index in [1.165, 1.54) is 25.0 Å². The largest absolute Gasteiger partial charge is 0.396 e. The van der Waals surface area contributed by atoms with Crippen LogP contribution in [0.2, 0.25) is 0 Å². The van der Waals surface area contributed by atoms with E-state index in [0.29, 0.717) is 31.2 Å². The number of hydrogen-bond donors (Lipinski definition) is 3. The maximum absolute atomic E-state index is 9.26. The zero-order valence-corrected chi connectivity index (χ0v) is 11.1. The highest BCUT2D eigenvalue weighted by atomic mass is 32.2. The molecule has 96 valence electrons. The lowest BCUT2D eigenvalue weighted by Gasteiger charge is -2.25. The first-order valence-corrected chi connectivity index (χ1v) is 7.77. The molecule has 0 saturated heterocycles. The zero-order chi connectivity index (χ0) is 11.8. The standard InChI is InChI=1S/C12H26N2OS/c1-16-7-3-5-11(8-13)14-12-6-2-4-10(12)9-15/h10-12,14-15H,2-9,13H2,1H3. The first kappa shape index (κ1) is 14.3. The molecule has 4 heteroatoms. The van der Waals surface area contributed by atoms with Crippen molar-refractivity contribution in [1.29, 1.82) is 0 Å². The zero-order valence-electron chi connectivity index (χ0n) is 10.3. The minimum atomic E-state index is 0.319. The highest BCUT2D eigenvalue weighted by Gasteiger charge is 2.27. The van der Waals surface area contributed by atoms with Crippen LogP contribution < -0.4 is 11.1 Å². The van der Waals surface area contributed by atoms with E-state index in [0.717, 1.165) is 12.8 Å². The monoisotopic (exact) mass is 246 g/mol. The SMILES string of the molecule is CSCCCC(CN)NC1CCCC1CO. The molecule has 1 fully saturated rings. The molecule has 0 aliphatic heterocycles. The summed E-state index contributed by atoms with van der Waals surface area (Å²) in [5.74, 6) is 1.67. The molecule has 0 radical (unpaired) electrons. The molecule has 3 nitrogen and oxygen atoms in total. The molecular weight excluding hydrogens is 220 g/mol. The lowest BCUT2D eigenvalue weighted by molar-refractivity contribution is 0.198. The van der Waals surface area contributed by atoms with E-state index >= 15 is 0 Å². The number of nitrogens with two attached hydrogens (primary N) is 1. The molecule has 16 heavy (non-hydrogen) atoms. The molecule has 1 rings (SSSR count). The molecule has 3 unspecified atom stereocenters. The molecule has 0 aromatic rings. The smallest absolute Gasteiger partial charge is 0.0474 e. The highest BCUT2D eigenvalue weighted by molar-refractivity contribution is 7.98. The highest BCUT2D eigenvalue weighted by Crippen LogP contribution is 2.25.